The second-order valence-corrected chi connectivity index (χ2v) is 6.72. The zero-order valence-corrected chi connectivity index (χ0v) is 20.4. The molecule has 160 valence electrons. The molecule has 0 spiro atoms. The number of hydrogen-bond acceptors (Lipinski definition) is 3. The maximum Gasteiger partial charge on any atom is 0.242 e. The molecule has 0 aliphatic rings. The fourth-order valence-electron chi connectivity index (χ4n) is 3.00. The summed E-state index contributed by atoms with van der Waals surface area (Å²) in [4.78, 5) is 19.1. The van der Waals surface area contributed by atoms with Crippen LogP contribution in [0, 0.1) is 13.8 Å². The number of carbonyl (C=O) groups excluding carboxylic acids is 1. The molecule has 1 aromatic heterocycles. The van der Waals surface area contributed by atoms with Crippen LogP contribution < -0.4 is 10.6 Å². The van der Waals surface area contributed by atoms with Gasteiger partial charge >= 0.3 is 0 Å². The molecule has 0 fully saturated rings. The van der Waals surface area contributed by atoms with Gasteiger partial charge in [0.2, 0.25) is 5.91 Å². The Kier molecular flexibility index (Phi) is 10.7. The molecule has 0 atom stereocenters. The van der Waals surface area contributed by atoms with E-state index in [1.807, 2.05) is 74.7 Å². The van der Waals surface area contributed by atoms with Crippen molar-refractivity contribution in [3.05, 3.63) is 52.8 Å². The summed E-state index contributed by atoms with van der Waals surface area (Å²) in [5, 5.41) is 10.8. The molecular weight excluding hydrogens is 479 g/mol. The molecular formula is C21H33IN6O. The monoisotopic (exact) mass is 512 g/mol. The van der Waals surface area contributed by atoms with Crippen LogP contribution in [-0.2, 0) is 24.9 Å². The van der Waals surface area contributed by atoms with E-state index in [2.05, 4.69) is 20.7 Å². The summed E-state index contributed by atoms with van der Waals surface area (Å²) in [7, 11) is 1.93. The van der Waals surface area contributed by atoms with Gasteiger partial charge in [0.1, 0.15) is 0 Å². The molecule has 0 bridgehead atoms. The van der Waals surface area contributed by atoms with Crippen LogP contribution in [0.15, 0.2) is 35.3 Å². The molecule has 2 rings (SSSR count). The average molecular weight is 512 g/mol. The Morgan fingerprint density at radius 3 is 2.41 bits per heavy atom. The molecule has 1 aromatic carbocycles. The van der Waals surface area contributed by atoms with Crippen LogP contribution in [0.5, 0.6) is 0 Å². The molecule has 7 nitrogen and oxygen atoms in total. The minimum atomic E-state index is 0. The van der Waals surface area contributed by atoms with E-state index in [1.165, 1.54) is 0 Å². The number of aliphatic imine (C=N–C) groups is 1. The van der Waals surface area contributed by atoms with Crippen LogP contribution in [-0.4, -0.2) is 46.2 Å². The van der Waals surface area contributed by atoms with Gasteiger partial charge in [-0.15, -0.1) is 24.0 Å². The Balaban J connectivity index is 0.00000420. The fourth-order valence-corrected chi connectivity index (χ4v) is 3.00. The van der Waals surface area contributed by atoms with Gasteiger partial charge < -0.3 is 15.5 Å². The molecule has 0 saturated heterocycles. The summed E-state index contributed by atoms with van der Waals surface area (Å²) in [6, 6.07) is 10.0. The first-order valence-electron chi connectivity index (χ1n) is 9.79. The van der Waals surface area contributed by atoms with E-state index in [4.69, 9.17) is 0 Å². The van der Waals surface area contributed by atoms with E-state index in [1.54, 1.807) is 0 Å². The third-order valence-corrected chi connectivity index (χ3v) is 4.76. The van der Waals surface area contributed by atoms with Gasteiger partial charge in [-0.3, -0.25) is 9.48 Å². The number of guanidine groups is 1. The van der Waals surface area contributed by atoms with E-state index in [9.17, 15) is 4.79 Å². The van der Waals surface area contributed by atoms with Crippen molar-refractivity contribution in [2.75, 3.05) is 19.6 Å². The van der Waals surface area contributed by atoms with E-state index < -0.39 is 0 Å². The predicted molar refractivity (Wildman–Crippen MR) is 128 cm³/mol. The molecule has 8 heteroatoms. The van der Waals surface area contributed by atoms with Crippen LogP contribution in [0.25, 0.3) is 0 Å². The summed E-state index contributed by atoms with van der Waals surface area (Å²) in [6.07, 6.45) is 0. The number of nitrogens with one attached hydrogen (secondary N) is 2. The number of aryl methyl sites for hydroxylation is 2. The highest BCUT2D eigenvalue weighted by Gasteiger charge is 2.13. The first kappa shape index (κ1) is 24.9. The zero-order chi connectivity index (χ0) is 20.5. The van der Waals surface area contributed by atoms with Crippen LogP contribution >= 0.6 is 24.0 Å². The lowest BCUT2D eigenvalue weighted by Crippen LogP contribution is -2.44. The van der Waals surface area contributed by atoms with Gasteiger partial charge in [0.15, 0.2) is 5.96 Å². The summed E-state index contributed by atoms with van der Waals surface area (Å²) >= 11 is 0. The fraction of sp³-hybridized carbons (Fsp3) is 0.476. The maximum atomic E-state index is 12.6. The van der Waals surface area contributed by atoms with E-state index >= 15 is 0 Å². The van der Waals surface area contributed by atoms with Crippen molar-refractivity contribution in [3.63, 3.8) is 0 Å². The predicted octanol–water partition coefficient (Wildman–Crippen LogP) is 2.76. The Morgan fingerprint density at radius 1 is 1.17 bits per heavy atom. The van der Waals surface area contributed by atoms with Crippen LogP contribution in [0.3, 0.4) is 0 Å². The molecule has 2 aromatic rings. The van der Waals surface area contributed by atoms with Crippen molar-refractivity contribution in [2.45, 2.75) is 40.8 Å². The third-order valence-electron chi connectivity index (χ3n) is 4.76. The second-order valence-electron chi connectivity index (χ2n) is 6.72. The topological polar surface area (TPSA) is 74.5 Å². The molecule has 2 N–H and O–H groups in total. The van der Waals surface area contributed by atoms with Gasteiger partial charge in [0.25, 0.3) is 0 Å². The minimum absolute atomic E-state index is 0. The van der Waals surface area contributed by atoms with Gasteiger partial charge in [-0.05, 0) is 33.3 Å². The molecule has 0 aliphatic heterocycles. The Labute approximate surface area is 191 Å². The number of likely N-dealkylation sites (N-methyl/N-ethyl adjacent to an activating group) is 1. The molecule has 0 radical (unpaired) electrons. The maximum absolute atomic E-state index is 12.6. The van der Waals surface area contributed by atoms with Gasteiger partial charge in [-0.25, -0.2) is 4.99 Å². The summed E-state index contributed by atoms with van der Waals surface area (Å²) < 4.78 is 1.87. The lowest BCUT2D eigenvalue weighted by atomic mass is 10.2. The molecule has 0 saturated carbocycles. The van der Waals surface area contributed by atoms with E-state index in [0.717, 1.165) is 29.1 Å². The standard InChI is InChI=1S/C21H32N6O.HI/c1-6-22-21(23-13-19-16(3)25-26(5)17(19)4)24-14-20(28)27(7-2)15-18-11-9-8-10-12-18;/h8-12H,6-7,13-15H2,1-5H3,(H2,22,23,24);1H. The van der Waals surface area contributed by atoms with Crippen molar-refractivity contribution in [3.8, 4) is 0 Å². The number of carbonyl (C=O) groups is 1. The smallest absolute Gasteiger partial charge is 0.242 e. The van der Waals surface area contributed by atoms with Crippen LogP contribution in [0.1, 0.15) is 36.4 Å². The first-order chi connectivity index (χ1) is 13.5. The number of halogens is 1. The number of aromatic nitrogens is 2. The Bertz CT molecular complexity index is 803. The zero-order valence-electron chi connectivity index (χ0n) is 18.0. The number of amides is 1. The van der Waals surface area contributed by atoms with E-state index in [-0.39, 0.29) is 36.4 Å². The number of nitrogens with zero attached hydrogens (tertiary/aromatic N) is 4. The quantitative estimate of drug-likeness (QED) is 0.324. The molecule has 1 amide bonds. The van der Waals surface area contributed by atoms with Crippen molar-refractivity contribution >= 4 is 35.8 Å². The third kappa shape index (κ3) is 7.34. The largest absolute Gasteiger partial charge is 0.357 e. The van der Waals surface area contributed by atoms with Crippen LogP contribution in [0.4, 0.5) is 0 Å². The van der Waals surface area contributed by atoms with Gasteiger partial charge in [0, 0.05) is 37.9 Å². The number of rotatable bonds is 8. The van der Waals surface area contributed by atoms with Gasteiger partial charge in [-0.2, -0.15) is 5.10 Å². The number of hydrogen-bond donors (Lipinski definition) is 2. The normalized spacial score (nSPS) is 11.0. The van der Waals surface area contributed by atoms with Gasteiger partial charge in [-0.1, -0.05) is 30.3 Å². The highest BCUT2D eigenvalue weighted by molar-refractivity contribution is 14.0. The van der Waals surface area contributed by atoms with Crippen molar-refractivity contribution in [2.24, 2.45) is 12.0 Å². The van der Waals surface area contributed by atoms with Crippen molar-refractivity contribution < 1.29 is 4.79 Å². The van der Waals surface area contributed by atoms with Crippen LogP contribution in [0.2, 0.25) is 0 Å². The molecule has 29 heavy (non-hydrogen) atoms. The first-order valence-corrected chi connectivity index (χ1v) is 9.79. The summed E-state index contributed by atoms with van der Waals surface area (Å²) in [5.41, 5.74) is 4.33. The highest BCUT2D eigenvalue weighted by atomic mass is 127. The van der Waals surface area contributed by atoms with Crippen molar-refractivity contribution in [1.29, 1.82) is 0 Å². The second kappa shape index (κ2) is 12.5. The van der Waals surface area contributed by atoms with E-state index in [0.29, 0.717) is 25.6 Å². The summed E-state index contributed by atoms with van der Waals surface area (Å²) in [5.74, 6) is 0.681. The minimum Gasteiger partial charge on any atom is -0.357 e. The summed E-state index contributed by atoms with van der Waals surface area (Å²) in [6.45, 7) is 10.8. The molecule has 0 unspecified atom stereocenters. The lowest BCUT2D eigenvalue weighted by molar-refractivity contribution is -0.130. The van der Waals surface area contributed by atoms with Gasteiger partial charge in [0.05, 0.1) is 18.8 Å². The Hall–Kier alpha value is -2.10. The average Bonchev–Trinajstić information content (AvgIpc) is 2.94. The lowest BCUT2D eigenvalue weighted by Gasteiger charge is -2.22. The van der Waals surface area contributed by atoms with Crippen molar-refractivity contribution in [1.82, 2.24) is 25.3 Å². The molecule has 1 heterocycles. The number of benzene rings is 1. The highest BCUT2D eigenvalue weighted by Crippen LogP contribution is 2.12. The SMILES string of the molecule is CCNC(=NCc1c(C)nn(C)c1C)NCC(=O)N(CC)Cc1ccccc1.I. The Morgan fingerprint density at radius 2 is 1.86 bits per heavy atom. The molecule has 0 aliphatic carbocycles.